The van der Waals surface area contributed by atoms with E-state index in [2.05, 4.69) is 26.8 Å². The summed E-state index contributed by atoms with van der Waals surface area (Å²) in [5, 5.41) is 0. The van der Waals surface area contributed by atoms with Crippen LogP contribution in [0.3, 0.4) is 0 Å². The third-order valence-corrected chi connectivity index (χ3v) is 6.19. The lowest BCUT2D eigenvalue weighted by Gasteiger charge is -2.48. The monoisotopic (exact) mass is 372 g/mol. The number of carbonyl (C=O) groups excluding carboxylic acids is 2. The number of fused-ring (bicyclic) bond motifs is 3. The van der Waals surface area contributed by atoms with Crippen LogP contribution in [-0.2, 0) is 16.0 Å². The molecule has 1 heterocycles. The highest BCUT2D eigenvalue weighted by atomic mass is 16.5. The Bertz CT molecular complexity index is 734. The molecular formula is C23H32O4. The van der Waals surface area contributed by atoms with Crippen LogP contribution in [0.15, 0.2) is 12.1 Å². The standard InChI is InChI=1S/C23H32O4/c1-6-7-8-9-16-11-20(26-15(3)24)22-17-10-14(2)19(25)13-18(17)23(4,5)27-21(22)12-16/h11-12,14,17-18H,6-10,13H2,1-5H3/t14?,17-,18-/m1/s1. The molecule has 3 atom stereocenters. The Morgan fingerprint density at radius 3 is 2.70 bits per heavy atom. The molecule has 1 aromatic carbocycles. The van der Waals surface area contributed by atoms with Crippen molar-refractivity contribution in [1.29, 1.82) is 0 Å². The zero-order chi connectivity index (χ0) is 19.8. The van der Waals surface area contributed by atoms with Crippen molar-refractivity contribution in [1.82, 2.24) is 0 Å². The van der Waals surface area contributed by atoms with Crippen molar-refractivity contribution in [3.05, 3.63) is 23.3 Å². The fraction of sp³-hybridized carbons (Fsp3) is 0.652. The summed E-state index contributed by atoms with van der Waals surface area (Å²) in [6.07, 6.45) is 5.71. The molecule has 2 aliphatic rings. The van der Waals surface area contributed by atoms with Crippen LogP contribution in [-0.4, -0.2) is 17.4 Å². The molecule has 1 aliphatic heterocycles. The summed E-state index contributed by atoms with van der Waals surface area (Å²) in [5.41, 5.74) is 1.71. The molecule has 148 valence electrons. The Labute approximate surface area is 162 Å². The average Bonchev–Trinajstić information content (AvgIpc) is 2.55. The first-order valence-corrected chi connectivity index (χ1v) is 10.3. The van der Waals surface area contributed by atoms with Crippen molar-refractivity contribution in [3.63, 3.8) is 0 Å². The van der Waals surface area contributed by atoms with Crippen molar-refractivity contribution < 1.29 is 19.1 Å². The van der Waals surface area contributed by atoms with Gasteiger partial charge in [0.05, 0.1) is 0 Å². The summed E-state index contributed by atoms with van der Waals surface area (Å²) in [6, 6.07) is 4.13. The van der Waals surface area contributed by atoms with E-state index in [1.807, 2.05) is 13.0 Å². The Morgan fingerprint density at radius 1 is 1.30 bits per heavy atom. The second-order valence-corrected chi connectivity index (χ2v) is 8.78. The molecule has 1 fully saturated rings. The topological polar surface area (TPSA) is 52.6 Å². The van der Waals surface area contributed by atoms with Crippen molar-refractivity contribution >= 4 is 11.8 Å². The molecule has 0 bridgehead atoms. The summed E-state index contributed by atoms with van der Waals surface area (Å²) in [6.45, 7) is 9.78. The van der Waals surface area contributed by atoms with Gasteiger partial charge in [-0.1, -0.05) is 26.7 Å². The van der Waals surface area contributed by atoms with E-state index in [1.165, 1.54) is 19.8 Å². The van der Waals surface area contributed by atoms with Gasteiger partial charge in [0.15, 0.2) is 0 Å². The van der Waals surface area contributed by atoms with E-state index in [0.717, 1.165) is 36.1 Å². The molecule has 0 spiro atoms. The number of ether oxygens (including phenoxy) is 2. The van der Waals surface area contributed by atoms with Crippen LogP contribution in [0.2, 0.25) is 0 Å². The molecule has 1 saturated carbocycles. The lowest BCUT2D eigenvalue weighted by Crippen LogP contribution is -2.49. The number of hydrogen-bond donors (Lipinski definition) is 0. The van der Waals surface area contributed by atoms with Crippen molar-refractivity contribution in [2.45, 2.75) is 84.7 Å². The van der Waals surface area contributed by atoms with E-state index in [-0.39, 0.29) is 23.7 Å². The normalized spacial score (nSPS) is 26.0. The van der Waals surface area contributed by atoms with Gasteiger partial charge < -0.3 is 9.47 Å². The number of esters is 1. The summed E-state index contributed by atoms with van der Waals surface area (Å²) in [4.78, 5) is 24.1. The largest absolute Gasteiger partial charge is 0.487 e. The average molecular weight is 373 g/mol. The zero-order valence-corrected chi connectivity index (χ0v) is 17.3. The van der Waals surface area contributed by atoms with Gasteiger partial charge >= 0.3 is 5.97 Å². The second kappa shape index (κ2) is 7.65. The van der Waals surface area contributed by atoms with Crippen molar-refractivity contribution in [3.8, 4) is 11.5 Å². The Balaban J connectivity index is 2.05. The molecular weight excluding hydrogens is 340 g/mol. The fourth-order valence-electron chi connectivity index (χ4n) is 4.71. The molecule has 0 amide bonds. The number of unbranched alkanes of at least 4 members (excludes halogenated alkanes) is 2. The summed E-state index contributed by atoms with van der Waals surface area (Å²) >= 11 is 0. The Hall–Kier alpha value is -1.84. The third kappa shape index (κ3) is 4.04. The van der Waals surface area contributed by atoms with Gasteiger partial charge in [-0.25, -0.2) is 0 Å². The van der Waals surface area contributed by atoms with Gasteiger partial charge in [-0.2, -0.15) is 0 Å². The van der Waals surface area contributed by atoms with E-state index in [9.17, 15) is 9.59 Å². The van der Waals surface area contributed by atoms with Gasteiger partial charge in [-0.05, 0) is 56.7 Å². The Kier molecular flexibility index (Phi) is 5.64. The SMILES string of the molecule is CCCCCc1cc(OC(C)=O)c2c(c1)OC(C)(C)[C@@H]1CC(=O)C(C)C[C@@H]21. The van der Waals surface area contributed by atoms with Crippen LogP contribution >= 0.6 is 0 Å². The van der Waals surface area contributed by atoms with E-state index < -0.39 is 5.60 Å². The highest BCUT2D eigenvalue weighted by molar-refractivity contribution is 5.82. The minimum atomic E-state index is -0.414. The first-order chi connectivity index (χ1) is 12.7. The fourth-order valence-corrected chi connectivity index (χ4v) is 4.71. The molecule has 1 unspecified atom stereocenters. The van der Waals surface area contributed by atoms with Gasteiger partial charge in [0.2, 0.25) is 0 Å². The van der Waals surface area contributed by atoms with Crippen LogP contribution in [0.5, 0.6) is 11.5 Å². The van der Waals surface area contributed by atoms with Gasteiger partial charge in [0.1, 0.15) is 22.9 Å². The Morgan fingerprint density at radius 2 is 2.04 bits per heavy atom. The predicted molar refractivity (Wildman–Crippen MR) is 105 cm³/mol. The molecule has 3 rings (SSSR count). The molecule has 4 nitrogen and oxygen atoms in total. The van der Waals surface area contributed by atoms with E-state index >= 15 is 0 Å². The number of Topliss-reactive ketones (excluding diaryl/α,β-unsaturated/α-hetero) is 1. The molecule has 0 aromatic heterocycles. The number of benzene rings is 1. The quantitative estimate of drug-likeness (QED) is 0.404. The van der Waals surface area contributed by atoms with Gasteiger partial charge in [0, 0.05) is 30.7 Å². The summed E-state index contributed by atoms with van der Waals surface area (Å²) in [5.74, 6) is 1.75. The van der Waals surface area contributed by atoms with Crippen molar-refractivity contribution in [2.24, 2.45) is 11.8 Å². The van der Waals surface area contributed by atoms with Crippen LogP contribution in [0.4, 0.5) is 0 Å². The predicted octanol–water partition coefficient (Wildman–Crippen LogP) is 5.21. The minimum Gasteiger partial charge on any atom is -0.487 e. The first-order valence-electron chi connectivity index (χ1n) is 10.3. The van der Waals surface area contributed by atoms with Crippen LogP contribution < -0.4 is 9.47 Å². The van der Waals surface area contributed by atoms with E-state index in [1.54, 1.807) is 0 Å². The van der Waals surface area contributed by atoms with E-state index in [0.29, 0.717) is 18.0 Å². The first kappa shape index (κ1) is 19.9. The maximum Gasteiger partial charge on any atom is 0.308 e. The lowest BCUT2D eigenvalue weighted by molar-refractivity contribution is -0.133. The lowest BCUT2D eigenvalue weighted by atomic mass is 9.63. The number of aryl methyl sites for hydroxylation is 1. The molecule has 0 saturated heterocycles. The highest BCUT2D eigenvalue weighted by Gasteiger charge is 2.49. The molecule has 1 aliphatic carbocycles. The maximum absolute atomic E-state index is 12.4. The van der Waals surface area contributed by atoms with Crippen molar-refractivity contribution in [2.75, 3.05) is 0 Å². The van der Waals surface area contributed by atoms with Gasteiger partial charge in [-0.3, -0.25) is 9.59 Å². The molecule has 1 aromatic rings. The second-order valence-electron chi connectivity index (χ2n) is 8.78. The molecule has 0 N–H and O–H groups in total. The van der Waals surface area contributed by atoms with Gasteiger partial charge in [-0.15, -0.1) is 0 Å². The molecule has 27 heavy (non-hydrogen) atoms. The highest BCUT2D eigenvalue weighted by Crippen LogP contribution is 2.55. The summed E-state index contributed by atoms with van der Waals surface area (Å²) in [7, 11) is 0. The number of hydrogen-bond acceptors (Lipinski definition) is 4. The number of carbonyl (C=O) groups is 2. The number of rotatable bonds is 5. The smallest absolute Gasteiger partial charge is 0.308 e. The zero-order valence-electron chi connectivity index (χ0n) is 17.3. The van der Waals surface area contributed by atoms with Crippen LogP contribution in [0.25, 0.3) is 0 Å². The van der Waals surface area contributed by atoms with Gasteiger partial charge in [0.25, 0.3) is 0 Å². The third-order valence-electron chi connectivity index (χ3n) is 6.19. The van der Waals surface area contributed by atoms with Crippen LogP contribution in [0, 0.1) is 11.8 Å². The maximum atomic E-state index is 12.4. The van der Waals surface area contributed by atoms with Crippen LogP contribution in [0.1, 0.15) is 83.8 Å². The molecule has 0 radical (unpaired) electrons. The number of ketones is 1. The summed E-state index contributed by atoms with van der Waals surface area (Å²) < 4.78 is 12.0. The van der Waals surface area contributed by atoms with E-state index in [4.69, 9.17) is 9.47 Å². The molecule has 4 heteroatoms. The minimum absolute atomic E-state index is 0.0300.